The molecule has 38 heavy (non-hydrogen) atoms. The molecule has 0 bridgehead atoms. The molecular weight excluding hydrogens is 551 g/mol. The molecular formula is C27H24Cl2N2O6S. The number of thiazole rings is 1. The zero-order valence-corrected chi connectivity index (χ0v) is 23.2. The van der Waals surface area contributed by atoms with Gasteiger partial charge in [0.2, 0.25) is 6.79 Å². The molecule has 0 amide bonds. The lowest BCUT2D eigenvalue weighted by molar-refractivity contribution is -0.139. The molecule has 0 saturated carbocycles. The average Bonchev–Trinajstić information content (AvgIpc) is 3.47. The van der Waals surface area contributed by atoms with Crippen LogP contribution in [0.4, 0.5) is 0 Å². The van der Waals surface area contributed by atoms with Gasteiger partial charge in [0.05, 0.1) is 34.5 Å². The van der Waals surface area contributed by atoms with Crippen LogP contribution in [0.15, 0.2) is 51.4 Å². The Morgan fingerprint density at radius 1 is 1.21 bits per heavy atom. The molecule has 0 saturated heterocycles. The number of methoxy groups -OCH3 is 1. The molecule has 3 aromatic rings. The van der Waals surface area contributed by atoms with Crippen LogP contribution < -0.4 is 29.1 Å². The first-order valence-corrected chi connectivity index (χ1v) is 13.6. The molecule has 11 heteroatoms. The first kappa shape index (κ1) is 26.3. The number of allylic oxidation sites excluding steroid dienone is 1. The predicted octanol–water partition coefficient (Wildman–Crippen LogP) is 4.62. The van der Waals surface area contributed by atoms with E-state index >= 15 is 0 Å². The van der Waals surface area contributed by atoms with Crippen molar-refractivity contribution in [2.24, 2.45) is 4.99 Å². The van der Waals surface area contributed by atoms with Crippen LogP contribution in [0.5, 0.6) is 17.2 Å². The van der Waals surface area contributed by atoms with Crippen molar-refractivity contribution in [3.8, 4) is 17.2 Å². The van der Waals surface area contributed by atoms with Crippen molar-refractivity contribution in [2.75, 3.05) is 20.5 Å². The van der Waals surface area contributed by atoms with Crippen LogP contribution in [-0.4, -0.2) is 31.0 Å². The summed E-state index contributed by atoms with van der Waals surface area (Å²) >= 11 is 14.1. The fourth-order valence-electron chi connectivity index (χ4n) is 4.52. The molecule has 198 valence electrons. The quantitative estimate of drug-likeness (QED) is 0.382. The summed E-state index contributed by atoms with van der Waals surface area (Å²) in [6.07, 6.45) is 2.95. The Bertz CT molecular complexity index is 1640. The fraction of sp³-hybridized carbons (Fsp3) is 0.296. The Morgan fingerprint density at radius 3 is 2.68 bits per heavy atom. The third kappa shape index (κ3) is 4.70. The van der Waals surface area contributed by atoms with E-state index in [9.17, 15) is 9.59 Å². The second-order valence-electron chi connectivity index (χ2n) is 8.53. The first-order chi connectivity index (χ1) is 18.4. The SMILES string of the molecule is CCCC1=C(C(=O)OCC)[C@@H](c2cc(Cl)ccc2OC)n2c(s/c(=C/c3cc4c(cc3Cl)OCO4)c2=O)=N1. The van der Waals surface area contributed by atoms with E-state index in [-0.39, 0.29) is 24.5 Å². The van der Waals surface area contributed by atoms with E-state index in [4.69, 9.17) is 47.1 Å². The molecule has 0 unspecified atom stereocenters. The number of hydrogen-bond donors (Lipinski definition) is 0. The van der Waals surface area contributed by atoms with E-state index in [1.54, 1.807) is 43.3 Å². The molecule has 0 aliphatic carbocycles. The standard InChI is InChI=1S/C27H24Cl2N2O6S/c1-4-6-18-23(26(33)35-5-2)24(16-11-15(28)7-8-19(16)34-3)31-25(32)22(38-27(31)30-18)10-14-9-20-21(12-17(14)29)37-13-36-20/h7-12,24H,4-6,13H2,1-3H3/b22-10+/t24-/m1/s1. The summed E-state index contributed by atoms with van der Waals surface area (Å²) in [6.45, 7) is 4.01. The lowest BCUT2D eigenvalue weighted by atomic mass is 9.93. The van der Waals surface area contributed by atoms with Gasteiger partial charge in [0.1, 0.15) is 11.8 Å². The zero-order valence-electron chi connectivity index (χ0n) is 20.9. The van der Waals surface area contributed by atoms with Crippen LogP contribution >= 0.6 is 34.5 Å². The zero-order chi connectivity index (χ0) is 27.0. The monoisotopic (exact) mass is 574 g/mol. The van der Waals surface area contributed by atoms with Gasteiger partial charge >= 0.3 is 5.97 Å². The van der Waals surface area contributed by atoms with Crippen molar-refractivity contribution in [1.82, 2.24) is 4.57 Å². The van der Waals surface area contributed by atoms with E-state index in [1.165, 1.54) is 23.0 Å². The van der Waals surface area contributed by atoms with Crippen LogP contribution in [0.1, 0.15) is 43.9 Å². The van der Waals surface area contributed by atoms with E-state index in [0.717, 1.165) is 6.42 Å². The number of carbonyl (C=O) groups excluding carboxylic acids is 1. The summed E-state index contributed by atoms with van der Waals surface area (Å²) in [7, 11) is 1.53. The van der Waals surface area contributed by atoms with Gasteiger partial charge < -0.3 is 18.9 Å². The molecule has 2 aliphatic heterocycles. The number of rotatable bonds is 7. The highest BCUT2D eigenvalue weighted by Gasteiger charge is 2.36. The van der Waals surface area contributed by atoms with Crippen molar-refractivity contribution in [3.63, 3.8) is 0 Å². The summed E-state index contributed by atoms with van der Waals surface area (Å²) in [5, 5.41) is 0.847. The molecule has 1 aromatic heterocycles. The molecule has 0 fully saturated rings. The minimum Gasteiger partial charge on any atom is -0.496 e. The van der Waals surface area contributed by atoms with Crippen LogP contribution in [0.3, 0.4) is 0 Å². The lowest BCUT2D eigenvalue weighted by Gasteiger charge is -2.27. The number of fused-ring (bicyclic) bond motifs is 2. The van der Waals surface area contributed by atoms with E-state index in [0.29, 0.717) is 59.9 Å². The summed E-state index contributed by atoms with van der Waals surface area (Å²) in [5.41, 5.74) is 1.66. The molecule has 3 heterocycles. The summed E-state index contributed by atoms with van der Waals surface area (Å²) in [5.74, 6) is 1.03. The normalized spacial score (nSPS) is 16.3. The van der Waals surface area contributed by atoms with Gasteiger partial charge in [-0.2, -0.15) is 0 Å². The van der Waals surface area contributed by atoms with Crippen LogP contribution in [0.25, 0.3) is 6.08 Å². The molecule has 0 N–H and O–H groups in total. The van der Waals surface area contributed by atoms with E-state index in [2.05, 4.69) is 0 Å². The van der Waals surface area contributed by atoms with Crippen molar-refractivity contribution in [3.05, 3.63) is 82.5 Å². The Labute approximate surface area is 232 Å². The average molecular weight is 575 g/mol. The molecule has 2 aliphatic rings. The molecule has 2 aromatic carbocycles. The van der Waals surface area contributed by atoms with Crippen molar-refractivity contribution < 1.29 is 23.7 Å². The topological polar surface area (TPSA) is 88.4 Å². The number of esters is 1. The largest absolute Gasteiger partial charge is 0.496 e. The van der Waals surface area contributed by atoms with Gasteiger partial charge in [0.15, 0.2) is 16.3 Å². The highest BCUT2D eigenvalue weighted by Crippen LogP contribution is 2.39. The Hall–Kier alpha value is -3.27. The van der Waals surface area contributed by atoms with Crippen molar-refractivity contribution in [1.29, 1.82) is 0 Å². The van der Waals surface area contributed by atoms with Crippen LogP contribution in [-0.2, 0) is 9.53 Å². The highest BCUT2D eigenvalue weighted by molar-refractivity contribution is 7.07. The Balaban J connectivity index is 1.79. The maximum absolute atomic E-state index is 14.0. The van der Waals surface area contributed by atoms with Gasteiger partial charge in [0.25, 0.3) is 5.56 Å². The minimum absolute atomic E-state index is 0.107. The van der Waals surface area contributed by atoms with Crippen LogP contribution in [0.2, 0.25) is 10.0 Å². The van der Waals surface area contributed by atoms with Gasteiger partial charge in [-0.3, -0.25) is 9.36 Å². The predicted molar refractivity (Wildman–Crippen MR) is 145 cm³/mol. The maximum atomic E-state index is 14.0. The molecule has 0 spiro atoms. The summed E-state index contributed by atoms with van der Waals surface area (Å²) in [6, 6.07) is 7.63. The smallest absolute Gasteiger partial charge is 0.338 e. The number of aromatic nitrogens is 1. The highest BCUT2D eigenvalue weighted by atomic mass is 35.5. The number of halogens is 2. The van der Waals surface area contributed by atoms with Gasteiger partial charge in [-0.1, -0.05) is 47.9 Å². The maximum Gasteiger partial charge on any atom is 0.338 e. The fourth-order valence-corrected chi connectivity index (χ4v) is 5.92. The Morgan fingerprint density at radius 2 is 1.97 bits per heavy atom. The molecule has 5 rings (SSSR count). The number of ether oxygens (including phenoxy) is 4. The molecule has 1 atom stereocenters. The third-order valence-corrected chi connectivity index (χ3v) is 7.70. The number of benzene rings is 2. The lowest BCUT2D eigenvalue weighted by Crippen LogP contribution is -2.40. The van der Waals surface area contributed by atoms with Gasteiger partial charge in [0, 0.05) is 16.7 Å². The van der Waals surface area contributed by atoms with Crippen molar-refractivity contribution in [2.45, 2.75) is 32.7 Å². The minimum atomic E-state index is -0.852. The third-order valence-electron chi connectivity index (χ3n) is 6.16. The number of hydrogen-bond acceptors (Lipinski definition) is 8. The van der Waals surface area contributed by atoms with Gasteiger partial charge in [-0.15, -0.1) is 0 Å². The number of carbonyl (C=O) groups is 1. The van der Waals surface area contributed by atoms with E-state index < -0.39 is 12.0 Å². The summed E-state index contributed by atoms with van der Waals surface area (Å²) < 4.78 is 23.8. The second kappa shape index (κ2) is 10.8. The Kier molecular flexibility index (Phi) is 7.52. The molecule has 0 radical (unpaired) electrons. The second-order valence-corrected chi connectivity index (χ2v) is 10.4. The first-order valence-electron chi connectivity index (χ1n) is 12.0. The van der Waals surface area contributed by atoms with E-state index in [1.807, 2.05) is 6.92 Å². The molecule has 8 nitrogen and oxygen atoms in total. The number of nitrogens with zero attached hydrogens (tertiary/aromatic N) is 2. The van der Waals surface area contributed by atoms with Crippen LogP contribution in [0, 0.1) is 0 Å². The summed E-state index contributed by atoms with van der Waals surface area (Å²) in [4.78, 5) is 32.5. The van der Waals surface area contributed by atoms with Gasteiger partial charge in [-0.25, -0.2) is 9.79 Å². The van der Waals surface area contributed by atoms with Crippen molar-refractivity contribution >= 4 is 46.6 Å². The van der Waals surface area contributed by atoms with Gasteiger partial charge in [-0.05, 0) is 49.2 Å².